The maximum atomic E-state index is 13.6. The first kappa shape index (κ1) is 22.7. The number of rotatable bonds is 5. The fourth-order valence-corrected chi connectivity index (χ4v) is 5.13. The van der Waals surface area contributed by atoms with Gasteiger partial charge in [-0.25, -0.2) is 4.39 Å². The van der Waals surface area contributed by atoms with Crippen LogP contribution in [-0.4, -0.2) is 63.5 Å². The first-order valence-corrected chi connectivity index (χ1v) is 11.4. The van der Waals surface area contributed by atoms with E-state index in [0.717, 1.165) is 25.9 Å². The third kappa shape index (κ3) is 4.96. The number of nitrogens with zero attached hydrogens (tertiary/aromatic N) is 2. The van der Waals surface area contributed by atoms with E-state index in [0.29, 0.717) is 23.7 Å². The molecule has 2 aromatic rings. The Hall–Kier alpha value is -2.45. The Bertz CT molecular complexity index is 906. The van der Waals surface area contributed by atoms with Crippen molar-refractivity contribution in [2.75, 3.05) is 13.1 Å². The Morgan fingerprint density at radius 2 is 2.06 bits per heavy atom. The molecule has 1 amide bonds. The predicted molar refractivity (Wildman–Crippen MR) is 119 cm³/mol. The molecule has 174 valence electrons. The van der Waals surface area contributed by atoms with Gasteiger partial charge >= 0.3 is 0 Å². The highest BCUT2D eigenvalue weighted by Gasteiger charge is 2.48. The van der Waals surface area contributed by atoms with Gasteiger partial charge in [-0.2, -0.15) is 5.10 Å². The molecule has 0 bridgehead atoms. The van der Waals surface area contributed by atoms with E-state index in [2.05, 4.69) is 41.2 Å². The molecule has 8 heteroatoms. The van der Waals surface area contributed by atoms with Crippen LogP contribution in [-0.2, 0) is 0 Å². The number of benzene rings is 1. The van der Waals surface area contributed by atoms with Gasteiger partial charge in [0, 0.05) is 18.7 Å². The zero-order valence-electron chi connectivity index (χ0n) is 18.9. The Balaban J connectivity index is 1.51. The SMILES string of the molecule is CC(C)(C)C1CCN([C@@H]2[C@@H](O)[C@H](Oc3cccc(F)c3)C[C@H]2NC(=O)c2cn[nH]c2)CC1. The van der Waals surface area contributed by atoms with Gasteiger partial charge in [0.25, 0.3) is 5.91 Å². The van der Waals surface area contributed by atoms with Gasteiger partial charge in [-0.15, -0.1) is 0 Å². The molecule has 1 saturated heterocycles. The second kappa shape index (κ2) is 9.19. The zero-order chi connectivity index (χ0) is 22.9. The highest BCUT2D eigenvalue weighted by atomic mass is 19.1. The molecule has 32 heavy (non-hydrogen) atoms. The molecule has 4 atom stereocenters. The molecule has 2 fully saturated rings. The van der Waals surface area contributed by atoms with Gasteiger partial charge in [0.15, 0.2) is 0 Å². The average molecular weight is 445 g/mol. The number of carbonyl (C=O) groups is 1. The van der Waals surface area contributed by atoms with E-state index in [-0.39, 0.29) is 29.2 Å². The lowest BCUT2D eigenvalue weighted by Gasteiger charge is -2.43. The van der Waals surface area contributed by atoms with E-state index in [9.17, 15) is 14.3 Å². The number of likely N-dealkylation sites (tertiary alicyclic amines) is 1. The summed E-state index contributed by atoms with van der Waals surface area (Å²) in [5.41, 5.74) is 0.692. The minimum atomic E-state index is -0.806. The summed E-state index contributed by atoms with van der Waals surface area (Å²) < 4.78 is 19.6. The van der Waals surface area contributed by atoms with E-state index < -0.39 is 12.2 Å². The maximum Gasteiger partial charge on any atom is 0.254 e. The van der Waals surface area contributed by atoms with Crippen LogP contribution in [0.2, 0.25) is 0 Å². The minimum Gasteiger partial charge on any atom is -0.487 e. The first-order valence-electron chi connectivity index (χ1n) is 11.4. The molecule has 2 aliphatic rings. The molecule has 3 N–H and O–H groups in total. The van der Waals surface area contributed by atoms with Gasteiger partial charge in [0.05, 0.1) is 23.8 Å². The van der Waals surface area contributed by atoms with Crippen LogP contribution < -0.4 is 10.1 Å². The van der Waals surface area contributed by atoms with Crippen LogP contribution in [0.1, 0.15) is 50.4 Å². The third-order valence-electron chi connectivity index (χ3n) is 6.97. The Labute approximate surface area is 188 Å². The molecule has 1 aliphatic heterocycles. The number of carbonyl (C=O) groups excluding carboxylic acids is 1. The Kier molecular flexibility index (Phi) is 6.53. The summed E-state index contributed by atoms with van der Waals surface area (Å²) in [6.45, 7) is 8.53. The standard InChI is InChI=1S/C24H33FN4O3/c1-24(2,3)16-7-9-29(10-8-16)21-19(28-23(31)15-13-26-27-14-15)12-20(22(21)30)32-18-6-4-5-17(25)11-18/h4-6,11,13-14,16,19-22,30H,7-10,12H2,1-3H3,(H,26,27)(H,28,31)/t19-,20-,21+,22+/m1/s1. The van der Waals surface area contributed by atoms with Gasteiger partial charge in [-0.1, -0.05) is 26.8 Å². The molecule has 2 heterocycles. The fourth-order valence-electron chi connectivity index (χ4n) is 5.13. The van der Waals surface area contributed by atoms with Crippen molar-refractivity contribution >= 4 is 5.91 Å². The Morgan fingerprint density at radius 1 is 1.31 bits per heavy atom. The molecule has 1 aromatic heterocycles. The van der Waals surface area contributed by atoms with Crippen molar-refractivity contribution in [3.63, 3.8) is 0 Å². The number of amides is 1. The van der Waals surface area contributed by atoms with Crippen molar-refractivity contribution in [3.8, 4) is 5.75 Å². The number of nitrogens with one attached hydrogen (secondary N) is 2. The summed E-state index contributed by atoms with van der Waals surface area (Å²) in [5.74, 6) is 0.370. The lowest BCUT2D eigenvalue weighted by Crippen LogP contribution is -2.56. The number of ether oxygens (including phenoxy) is 1. The summed E-state index contributed by atoms with van der Waals surface area (Å²) in [6.07, 6.45) is 4.20. The van der Waals surface area contributed by atoms with Crippen molar-refractivity contribution in [2.45, 2.75) is 64.3 Å². The lowest BCUT2D eigenvalue weighted by atomic mass is 9.75. The number of aromatic amines is 1. The highest BCUT2D eigenvalue weighted by Crippen LogP contribution is 2.37. The van der Waals surface area contributed by atoms with Crippen molar-refractivity contribution in [3.05, 3.63) is 48.0 Å². The van der Waals surface area contributed by atoms with Crippen LogP contribution >= 0.6 is 0 Å². The van der Waals surface area contributed by atoms with E-state index in [4.69, 9.17) is 4.74 Å². The van der Waals surface area contributed by atoms with Gasteiger partial charge in [0.1, 0.15) is 23.8 Å². The smallest absolute Gasteiger partial charge is 0.254 e. The summed E-state index contributed by atoms with van der Waals surface area (Å²) in [4.78, 5) is 15.0. The van der Waals surface area contributed by atoms with Crippen LogP contribution in [0.25, 0.3) is 0 Å². The molecule has 0 unspecified atom stereocenters. The van der Waals surface area contributed by atoms with E-state index in [1.54, 1.807) is 18.3 Å². The third-order valence-corrected chi connectivity index (χ3v) is 6.97. The summed E-state index contributed by atoms with van der Waals surface area (Å²) >= 11 is 0. The van der Waals surface area contributed by atoms with Crippen LogP contribution in [0.15, 0.2) is 36.7 Å². The van der Waals surface area contributed by atoms with Crippen LogP contribution in [0.3, 0.4) is 0 Å². The van der Waals surface area contributed by atoms with Gasteiger partial charge in [-0.05, 0) is 49.4 Å². The van der Waals surface area contributed by atoms with Crippen molar-refractivity contribution in [2.24, 2.45) is 11.3 Å². The molecule has 1 aliphatic carbocycles. The van der Waals surface area contributed by atoms with Crippen LogP contribution in [0, 0.1) is 17.2 Å². The van der Waals surface area contributed by atoms with Gasteiger partial charge in [0.2, 0.25) is 0 Å². The van der Waals surface area contributed by atoms with Crippen LogP contribution in [0.4, 0.5) is 4.39 Å². The molecular formula is C24H33FN4O3. The summed E-state index contributed by atoms with van der Waals surface area (Å²) in [7, 11) is 0. The first-order chi connectivity index (χ1) is 15.2. The number of aromatic nitrogens is 2. The number of hydrogen-bond acceptors (Lipinski definition) is 5. The maximum absolute atomic E-state index is 13.6. The molecule has 4 rings (SSSR count). The van der Waals surface area contributed by atoms with Crippen molar-refractivity contribution < 1.29 is 19.0 Å². The monoisotopic (exact) mass is 444 g/mol. The molecular weight excluding hydrogens is 411 g/mol. The van der Waals surface area contributed by atoms with Crippen molar-refractivity contribution in [1.82, 2.24) is 20.4 Å². The normalized spacial score (nSPS) is 27.4. The largest absolute Gasteiger partial charge is 0.487 e. The number of aliphatic hydroxyl groups excluding tert-OH is 1. The van der Waals surface area contributed by atoms with Gasteiger partial charge < -0.3 is 15.2 Å². The number of H-pyrrole nitrogens is 1. The number of halogens is 1. The fraction of sp³-hybridized carbons (Fsp3) is 0.583. The van der Waals surface area contributed by atoms with Gasteiger partial charge in [-0.3, -0.25) is 14.8 Å². The Morgan fingerprint density at radius 3 is 2.69 bits per heavy atom. The second-order valence-electron chi connectivity index (χ2n) is 10.1. The minimum absolute atomic E-state index is 0.239. The van der Waals surface area contributed by atoms with E-state index in [1.165, 1.54) is 18.3 Å². The topological polar surface area (TPSA) is 90.5 Å². The molecule has 0 spiro atoms. The molecule has 0 radical (unpaired) electrons. The summed E-state index contributed by atoms with van der Waals surface area (Å²) in [6, 6.07) is 5.36. The van der Waals surface area contributed by atoms with Crippen LogP contribution in [0.5, 0.6) is 5.75 Å². The second-order valence-corrected chi connectivity index (χ2v) is 10.1. The molecule has 1 saturated carbocycles. The number of piperidine rings is 1. The molecule has 7 nitrogen and oxygen atoms in total. The van der Waals surface area contributed by atoms with E-state index in [1.807, 2.05) is 0 Å². The quantitative estimate of drug-likeness (QED) is 0.660. The lowest BCUT2D eigenvalue weighted by molar-refractivity contribution is -0.0108. The zero-order valence-corrected chi connectivity index (χ0v) is 18.9. The number of aliphatic hydroxyl groups is 1. The molecule has 1 aromatic carbocycles. The predicted octanol–water partition coefficient (Wildman–Crippen LogP) is 2.99. The van der Waals surface area contributed by atoms with Crippen molar-refractivity contribution in [1.29, 1.82) is 0 Å². The average Bonchev–Trinajstić information content (AvgIpc) is 3.37. The van der Waals surface area contributed by atoms with E-state index >= 15 is 0 Å². The highest BCUT2D eigenvalue weighted by molar-refractivity contribution is 5.93. The summed E-state index contributed by atoms with van der Waals surface area (Å²) in [5, 5.41) is 20.8. The number of hydrogen-bond donors (Lipinski definition) is 3.